The lowest BCUT2D eigenvalue weighted by atomic mass is 10.1. The highest BCUT2D eigenvalue weighted by atomic mass is 19.1. The van der Waals surface area contributed by atoms with Crippen LogP contribution in [0.15, 0.2) is 36.4 Å². The Kier molecular flexibility index (Phi) is 4.83. The largest absolute Gasteiger partial charge is 0.366 e. The molecule has 136 valence electrons. The van der Waals surface area contributed by atoms with Crippen molar-refractivity contribution in [2.45, 2.75) is 6.92 Å². The van der Waals surface area contributed by atoms with Crippen LogP contribution in [0.2, 0.25) is 0 Å². The number of carbonyl (C=O) groups excluding carboxylic acids is 1. The fraction of sp³-hybridized carbons (Fsp3) is 0.278. The van der Waals surface area contributed by atoms with E-state index in [1.807, 2.05) is 4.90 Å². The van der Waals surface area contributed by atoms with Crippen molar-refractivity contribution in [1.82, 2.24) is 0 Å². The minimum Gasteiger partial charge on any atom is -0.366 e. The van der Waals surface area contributed by atoms with Crippen LogP contribution in [0.3, 0.4) is 0 Å². The van der Waals surface area contributed by atoms with E-state index in [2.05, 4.69) is 0 Å². The average Bonchev–Trinajstić information content (AvgIpc) is 2.61. The monoisotopic (exact) mass is 361 g/mol. The standard InChI is InChI=1S/C18H17F2N3O3/c1-12(24)13-2-4-16(15(20)10-13)21-6-8-22(9-7-21)17-5-3-14(19)11-18(17)23(25)26/h2-5,10-11H,6-9H2,1H3. The lowest BCUT2D eigenvalue weighted by Gasteiger charge is -2.37. The molecule has 6 nitrogen and oxygen atoms in total. The van der Waals surface area contributed by atoms with Gasteiger partial charge >= 0.3 is 0 Å². The lowest BCUT2D eigenvalue weighted by Crippen LogP contribution is -2.47. The van der Waals surface area contributed by atoms with E-state index in [0.29, 0.717) is 43.1 Å². The molecule has 3 rings (SSSR count). The zero-order valence-electron chi connectivity index (χ0n) is 14.1. The van der Waals surface area contributed by atoms with Crippen molar-refractivity contribution in [1.29, 1.82) is 0 Å². The fourth-order valence-corrected chi connectivity index (χ4v) is 3.08. The minimum atomic E-state index is -0.660. The van der Waals surface area contributed by atoms with Crippen LogP contribution >= 0.6 is 0 Å². The molecule has 2 aromatic carbocycles. The highest BCUT2D eigenvalue weighted by Gasteiger charge is 2.25. The van der Waals surface area contributed by atoms with E-state index in [1.165, 1.54) is 25.1 Å². The molecule has 1 aliphatic heterocycles. The molecule has 1 aliphatic rings. The first-order valence-corrected chi connectivity index (χ1v) is 8.11. The predicted octanol–water partition coefficient (Wildman–Crippen LogP) is 3.40. The molecule has 26 heavy (non-hydrogen) atoms. The topological polar surface area (TPSA) is 66.7 Å². The van der Waals surface area contributed by atoms with Crippen LogP contribution in [0.1, 0.15) is 17.3 Å². The van der Waals surface area contributed by atoms with Crippen molar-refractivity contribution in [3.05, 3.63) is 63.7 Å². The smallest absolute Gasteiger partial charge is 0.295 e. The Morgan fingerprint density at radius 1 is 1.00 bits per heavy atom. The second kappa shape index (κ2) is 7.07. The molecular weight excluding hydrogens is 344 g/mol. The maximum Gasteiger partial charge on any atom is 0.295 e. The molecule has 0 spiro atoms. The Labute approximate surface area is 148 Å². The molecule has 1 heterocycles. The third kappa shape index (κ3) is 3.49. The number of hydrogen-bond donors (Lipinski definition) is 0. The molecule has 2 aromatic rings. The van der Waals surface area contributed by atoms with Gasteiger partial charge in [-0.25, -0.2) is 8.78 Å². The molecule has 0 radical (unpaired) electrons. The summed E-state index contributed by atoms with van der Waals surface area (Å²) in [5, 5.41) is 11.2. The molecule has 0 saturated carbocycles. The third-order valence-electron chi connectivity index (χ3n) is 4.45. The predicted molar refractivity (Wildman–Crippen MR) is 93.9 cm³/mol. The number of rotatable bonds is 4. The van der Waals surface area contributed by atoms with E-state index >= 15 is 0 Å². The summed E-state index contributed by atoms with van der Waals surface area (Å²) in [6.07, 6.45) is 0. The molecule has 8 heteroatoms. The van der Waals surface area contributed by atoms with Crippen LogP contribution in [0, 0.1) is 21.7 Å². The van der Waals surface area contributed by atoms with Crippen molar-refractivity contribution in [2.75, 3.05) is 36.0 Å². The Bertz CT molecular complexity index is 865. The number of hydrogen-bond acceptors (Lipinski definition) is 5. The summed E-state index contributed by atoms with van der Waals surface area (Å²) in [4.78, 5) is 25.5. The first-order valence-electron chi connectivity index (χ1n) is 8.11. The van der Waals surface area contributed by atoms with Crippen molar-refractivity contribution >= 4 is 22.8 Å². The molecule has 1 saturated heterocycles. The van der Waals surface area contributed by atoms with Crippen molar-refractivity contribution < 1.29 is 18.5 Å². The van der Waals surface area contributed by atoms with E-state index in [1.54, 1.807) is 17.0 Å². The number of nitro groups is 1. The van der Waals surface area contributed by atoms with Gasteiger partial charge in [0, 0.05) is 31.7 Å². The van der Waals surface area contributed by atoms with E-state index in [9.17, 15) is 23.7 Å². The number of carbonyl (C=O) groups is 1. The van der Waals surface area contributed by atoms with Crippen LogP contribution < -0.4 is 9.80 Å². The number of nitrogens with zero attached hydrogens (tertiary/aromatic N) is 3. The quantitative estimate of drug-likeness (QED) is 0.474. The molecule has 0 bridgehead atoms. The van der Waals surface area contributed by atoms with Gasteiger partial charge in [0.1, 0.15) is 17.3 Å². The van der Waals surface area contributed by atoms with Crippen LogP contribution in [0.4, 0.5) is 25.8 Å². The highest BCUT2D eigenvalue weighted by molar-refractivity contribution is 5.94. The number of piperazine rings is 1. The number of benzene rings is 2. The first kappa shape index (κ1) is 17.8. The number of nitro benzene ring substituents is 1. The van der Waals surface area contributed by atoms with Gasteiger partial charge < -0.3 is 9.80 Å². The summed E-state index contributed by atoms with van der Waals surface area (Å²) in [5.74, 6) is -1.34. The maximum atomic E-state index is 14.3. The zero-order chi connectivity index (χ0) is 18.8. The van der Waals surface area contributed by atoms with Crippen molar-refractivity contribution in [2.24, 2.45) is 0 Å². The first-order chi connectivity index (χ1) is 12.4. The van der Waals surface area contributed by atoms with Crippen LogP contribution in [-0.2, 0) is 0 Å². The van der Waals surface area contributed by atoms with Crippen LogP contribution in [0.5, 0.6) is 0 Å². The second-order valence-electron chi connectivity index (χ2n) is 6.09. The van der Waals surface area contributed by atoms with Gasteiger partial charge in [-0.1, -0.05) is 0 Å². The number of anilines is 2. The summed E-state index contributed by atoms with van der Waals surface area (Å²) in [5.41, 5.74) is 0.772. The third-order valence-corrected chi connectivity index (χ3v) is 4.45. The van der Waals surface area contributed by atoms with Gasteiger partial charge in [-0.2, -0.15) is 0 Å². The van der Waals surface area contributed by atoms with Gasteiger partial charge in [0.05, 0.1) is 16.7 Å². The zero-order valence-corrected chi connectivity index (χ0v) is 14.1. The summed E-state index contributed by atoms with van der Waals surface area (Å²) in [6.45, 7) is 3.14. The summed E-state index contributed by atoms with van der Waals surface area (Å²) < 4.78 is 27.6. The molecule has 0 aromatic heterocycles. The Morgan fingerprint density at radius 3 is 2.12 bits per heavy atom. The average molecular weight is 361 g/mol. The number of halogens is 2. The number of Topliss-reactive ketones (excluding diaryl/α,β-unsaturated/α-hetero) is 1. The number of ketones is 1. The summed E-state index contributed by atoms with van der Waals surface area (Å²) in [6, 6.07) is 7.86. The van der Waals surface area contributed by atoms with Crippen LogP contribution in [0.25, 0.3) is 0 Å². The Morgan fingerprint density at radius 2 is 1.58 bits per heavy atom. The van der Waals surface area contributed by atoms with E-state index in [0.717, 1.165) is 6.07 Å². The highest BCUT2D eigenvalue weighted by Crippen LogP contribution is 2.31. The minimum absolute atomic E-state index is 0.205. The van der Waals surface area contributed by atoms with Gasteiger partial charge in [-0.15, -0.1) is 0 Å². The normalized spacial score (nSPS) is 14.4. The van der Waals surface area contributed by atoms with Crippen molar-refractivity contribution in [3.8, 4) is 0 Å². The second-order valence-corrected chi connectivity index (χ2v) is 6.09. The van der Waals surface area contributed by atoms with E-state index in [4.69, 9.17) is 0 Å². The Hall–Kier alpha value is -3.03. The molecular formula is C18H17F2N3O3. The van der Waals surface area contributed by atoms with Gasteiger partial charge in [0.15, 0.2) is 5.78 Å². The summed E-state index contributed by atoms with van der Waals surface area (Å²) in [7, 11) is 0. The summed E-state index contributed by atoms with van der Waals surface area (Å²) >= 11 is 0. The SMILES string of the molecule is CC(=O)c1ccc(N2CCN(c3ccc(F)cc3[N+](=O)[O-])CC2)c(F)c1. The van der Waals surface area contributed by atoms with Crippen molar-refractivity contribution in [3.63, 3.8) is 0 Å². The molecule has 0 amide bonds. The molecule has 1 fully saturated rings. The van der Waals surface area contributed by atoms with Crippen LogP contribution in [-0.4, -0.2) is 36.9 Å². The van der Waals surface area contributed by atoms with E-state index < -0.39 is 16.6 Å². The van der Waals surface area contributed by atoms with Gasteiger partial charge in [-0.05, 0) is 37.3 Å². The van der Waals surface area contributed by atoms with Gasteiger partial charge in [-0.3, -0.25) is 14.9 Å². The molecule has 0 N–H and O–H groups in total. The fourth-order valence-electron chi connectivity index (χ4n) is 3.08. The Balaban J connectivity index is 1.76. The molecule has 0 atom stereocenters. The van der Waals surface area contributed by atoms with Gasteiger partial charge in [0.25, 0.3) is 5.69 Å². The lowest BCUT2D eigenvalue weighted by molar-refractivity contribution is -0.384. The molecule has 0 aliphatic carbocycles. The molecule has 0 unspecified atom stereocenters. The van der Waals surface area contributed by atoms with Gasteiger partial charge in [0.2, 0.25) is 0 Å². The van der Waals surface area contributed by atoms with E-state index in [-0.39, 0.29) is 11.5 Å². The maximum absolute atomic E-state index is 14.3.